The summed E-state index contributed by atoms with van der Waals surface area (Å²) in [5.74, 6) is -1.95. The number of anilines is 2. The molecule has 0 aliphatic heterocycles. The monoisotopic (exact) mass is 326 g/mol. The molecular formula is C14H12F2N2O3S. The topological polar surface area (TPSA) is 75.3 Å². The summed E-state index contributed by atoms with van der Waals surface area (Å²) in [4.78, 5) is 10.7. The number of hydrogen-bond acceptors (Lipinski definition) is 3. The van der Waals surface area contributed by atoms with E-state index in [4.69, 9.17) is 0 Å². The van der Waals surface area contributed by atoms with Gasteiger partial charge in [0.15, 0.2) is 0 Å². The maximum atomic E-state index is 13.5. The van der Waals surface area contributed by atoms with Gasteiger partial charge >= 0.3 is 0 Å². The van der Waals surface area contributed by atoms with Crippen LogP contribution in [0.3, 0.4) is 0 Å². The lowest BCUT2D eigenvalue weighted by Crippen LogP contribution is -2.14. The third kappa shape index (κ3) is 3.79. The highest BCUT2D eigenvalue weighted by Crippen LogP contribution is 2.21. The van der Waals surface area contributed by atoms with Crippen molar-refractivity contribution in [1.82, 2.24) is 0 Å². The van der Waals surface area contributed by atoms with Crippen molar-refractivity contribution in [1.29, 1.82) is 0 Å². The van der Waals surface area contributed by atoms with Crippen LogP contribution in [0.4, 0.5) is 20.2 Å². The molecule has 0 spiro atoms. The zero-order valence-corrected chi connectivity index (χ0v) is 12.2. The minimum atomic E-state index is -4.07. The van der Waals surface area contributed by atoms with E-state index in [1.54, 1.807) is 0 Å². The van der Waals surface area contributed by atoms with Gasteiger partial charge in [-0.3, -0.25) is 9.52 Å². The van der Waals surface area contributed by atoms with E-state index in [0.717, 1.165) is 18.2 Å². The number of carbonyl (C=O) groups excluding carboxylic acids is 1. The van der Waals surface area contributed by atoms with Gasteiger partial charge in [-0.25, -0.2) is 17.2 Å². The van der Waals surface area contributed by atoms with Crippen LogP contribution in [0, 0.1) is 11.6 Å². The van der Waals surface area contributed by atoms with E-state index in [1.165, 1.54) is 31.2 Å². The fourth-order valence-electron chi connectivity index (χ4n) is 1.70. The molecule has 0 unspecified atom stereocenters. The first-order chi connectivity index (χ1) is 10.3. The summed E-state index contributed by atoms with van der Waals surface area (Å²) < 4.78 is 52.7. The largest absolute Gasteiger partial charge is 0.326 e. The van der Waals surface area contributed by atoms with Crippen LogP contribution < -0.4 is 10.0 Å². The van der Waals surface area contributed by atoms with Crippen molar-refractivity contribution >= 4 is 27.3 Å². The molecule has 2 aromatic rings. The Morgan fingerprint density at radius 3 is 2.27 bits per heavy atom. The van der Waals surface area contributed by atoms with Crippen LogP contribution in [0.1, 0.15) is 6.92 Å². The minimum absolute atomic E-state index is 0.148. The highest BCUT2D eigenvalue weighted by atomic mass is 32.2. The molecule has 0 bridgehead atoms. The smallest absolute Gasteiger partial charge is 0.261 e. The van der Waals surface area contributed by atoms with Crippen LogP contribution >= 0.6 is 0 Å². The molecule has 0 aliphatic carbocycles. The van der Waals surface area contributed by atoms with E-state index in [9.17, 15) is 22.0 Å². The van der Waals surface area contributed by atoms with Crippen molar-refractivity contribution in [3.05, 3.63) is 54.1 Å². The van der Waals surface area contributed by atoms with Gasteiger partial charge < -0.3 is 5.32 Å². The van der Waals surface area contributed by atoms with Crippen LogP contribution in [0.5, 0.6) is 0 Å². The fourth-order valence-corrected chi connectivity index (χ4v) is 2.76. The van der Waals surface area contributed by atoms with Crippen LogP contribution in [0.2, 0.25) is 0 Å². The summed E-state index contributed by atoms with van der Waals surface area (Å²) in [6.07, 6.45) is 0. The SMILES string of the molecule is CC(=O)Nc1ccc(S(=O)(=O)Nc2cc(F)ccc2F)cc1. The predicted octanol–water partition coefficient (Wildman–Crippen LogP) is 2.72. The van der Waals surface area contributed by atoms with Crippen molar-refractivity contribution in [3.8, 4) is 0 Å². The second kappa shape index (κ2) is 6.10. The van der Waals surface area contributed by atoms with Gasteiger partial charge in [0.1, 0.15) is 11.6 Å². The quantitative estimate of drug-likeness (QED) is 0.907. The fraction of sp³-hybridized carbons (Fsp3) is 0.0714. The minimum Gasteiger partial charge on any atom is -0.326 e. The Bertz CT molecular complexity index is 805. The first-order valence-corrected chi connectivity index (χ1v) is 7.62. The average Bonchev–Trinajstić information content (AvgIpc) is 2.42. The predicted molar refractivity (Wildman–Crippen MR) is 77.9 cm³/mol. The third-order valence-corrected chi connectivity index (χ3v) is 4.04. The molecule has 0 aromatic heterocycles. The normalized spacial score (nSPS) is 11.0. The van der Waals surface area contributed by atoms with Crippen molar-refractivity contribution in [2.24, 2.45) is 0 Å². The zero-order valence-electron chi connectivity index (χ0n) is 11.4. The number of amides is 1. The van der Waals surface area contributed by atoms with Gasteiger partial charge in [-0.1, -0.05) is 0 Å². The van der Waals surface area contributed by atoms with Gasteiger partial charge in [-0.05, 0) is 36.4 Å². The lowest BCUT2D eigenvalue weighted by Gasteiger charge is -2.10. The second-order valence-corrected chi connectivity index (χ2v) is 6.12. The molecule has 116 valence electrons. The number of rotatable bonds is 4. The third-order valence-electron chi connectivity index (χ3n) is 2.66. The highest BCUT2D eigenvalue weighted by Gasteiger charge is 2.16. The molecule has 0 fully saturated rings. The Morgan fingerprint density at radius 1 is 1.05 bits per heavy atom. The molecule has 1 amide bonds. The van der Waals surface area contributed by atoms with Crippen LogP contribution in [-0.4, -0.2) is 14.3 Å². The lowest BCUT2D eigenvalue weighted by molar-refractivity contribution is -0.114. The number of benzene rings is 2. The van der Waals surface area contributed by atoms with Gasteiger partial charge in [0.05, 0.1) is 10.6 Å². The second-order valence-electron chi connectivity index (χ2n) is 4.44. The molecule has 0 heterocycles. The molecule has 5 nitrogen and oxygen atoms in total. The van der Waals surface area contributed by atoms with E-state index in [1.807, 2.05) is 4.72 Å². The molecule has 2 aromatic carbocycles. The summed E-state index contributed by atoms with van der Waals surface area (Å²) >= 11 is 0. The van der Waals surface area contributed by atoms with Crippen LogP contribution in [-0.2, 0) is 14.8 Å². The molecule has 8 heteroatoms. The summed E-state index contributed by atoms with van der Waals surface area (Å²) in [7, 11) is -4.07. The summed E-state index contributed by atoms with van der Waals surface area (Å²) in [6, 6.07) is 7.71. The molecule has 22 heavy (non-hydrogen) atoms. The summed E-state index contributed by atoms with van der Waals surface area (Å²) in [6.45, 7) is 1.32. The molecule has 2 rings (SSSR count). The van der Waals surface area contributed by atoms with Gasteiger partial charge in [-0.2, -0.15) is 0 Å². The van der Waals surface area contributed by atoms with Crippen molar-refractivity contribution < 1.29 is 22.0 Å². The van der Waals surface area contributed by atoms with Crippen molar-refractivity contribution in [2.45, 2.75) is 11.8 Å². The van der Waals surface area contributed by atoms with Crippen LogP contribution in [0.15, 0.2) is 47.4 Å². The summed E-state index contributed by atoms with van der Waals surface area (Å²) in [5, 5.41) is 2.49. The van der Waals surface area contributed by atoms with E-state index in [2.05, 4.69) is 5.32 Å². The van der Waals surface area contributed by atoms with E-state index in [0.29, 0.717) is 5.69 Å². The van der Waals surface area contributed by atoms with Gasteiger partial charge in [0.25, 0.3) is 10.0 Å². The van der Waals surface area contributed by atoms with Gasteiger partial charge in [0.2, 0.25) is 5.91 Å². The average molecular weight is 326 g/mol. The Hall–Kier alpha value is -2.48. The van der Waals surface area contributed by atoms with Crippen LogP contribution in [0.25, 0.3) is 0 Å². The molecule has 0 saturated heterocycles. The Balaban J connectivity index is 2.26. The molecule has 0 radical (unpaired) electrons. The number of nitrogens with one attached hydrogen (secondary N) is 2. The molecular weight excluding hydrogens is 314 g/mol. The van der Waals surface area contributed by atoms with E-state index < -0.39 is 27.3 Å². The Morgan fingerprint density at radius 2 is 1.68 bits per heavy atom. The van der Waals surface area contributed by atoms with Gasteiger partial charge in [-0.15, -0.1) is 0 Å². The molecule has 0 aliphatic rings. The number of hydrogen-bond donors (Lipinski definition) is 2. The maximum Gasteiger partial charge on any atom is 0.261 e. The molecule has 0 saturated carbocycles. The zero-order chi connectivity index (χ0) is 16.3. The number of halogens is 2. The Kier molecular flexibility index (Phi) is 4.41. The van der Waals surface area contributed by atoms with E-state index in [-0.39, 0.29) is 10.8 Å². The number of sulfonamides is 1. The number of carbonyl (C=O) groups is 1. The first kappa shape index (κ1) is 15.9. The molecule has 2 N–H and O–H groups in total. The van der Waals surface area contributed by atoms with Crippen molar-refractivity contribution in [2.75, 3.05) is 10.0 Å². The first-order valence-electron chi connectivity index (χ1n) is 6.13. The maximum absolute atomic E-state index is 13.5. The lowest BCUT2D eigenvalue weighted by atomic mass is 10.3. The summed E-state index contributed by atoms with van der Waals surface area (Å²) in [5.41, 5.74) is -0.0608. The van der Waals surface area contributed by atoms with Gasteiger partial charge in [0, 0.05) is 18.7 Å². The standard InChI is InChI=1S/C14H12F2N2O3S/c1-9(19)17-11-3-5-12(6-4-11)22(20,21)18-14-8-10(15)2-7-13(14)16/h2-8,18H,1H3,(H,17,19). The molecule has 0 atom stereocenters. The Labute approximate surface area is 126 Å². The van der Waals surface area contributed by atoms with Crippen molar-refractivity contribution in [3.63, 3.8) is 0 Å². The highest BCUT2D eigenvalue weighted by molar-refractivity contribution is 7.92. The van der Waals surface area contributed by atoms with E-state index >= 15 is 0 Å².